The van der Waals surface area contributed by atoms with Gasteiger partial charge in [-0.05, 0) is 12.1 Å². The second-order valence-corrected chi connectivity index (χ2v) is 5.62. The van der Waals surface area contributed by atoms with Gasteiger partial charge in [0.05, 0.1) is 19.8 Å². The minimum absolute atomic E-state index is 0.105. The summed E-state index contributed by atoms with van der Waals surface area (Å²) in [4.78, 5) is 13.7. The fourth-order valence-corrected chi connectivity index (χ4v) is 2.72. The van der Waals surface area contributed by atoms with Crippen LogP contribution in [-0.4, -0.2) is 58.0 Å². The summed E-state index contributed by atoms with van der Waals surface area (Å²) in [5.41, 5.74) is 0. The van der Waals surface area contributed by atoms with E-state index < -0.39 is 6.10 Å². The van der Waals surface area contributed by atoms with Gasteiger partial charge in [0.2, 0.25) is 6.10 Å². The first-order valence-electron chi connectivity index (χ1n) is 7.90. The third-order valence-corrected chi connectivity index (χ3v) is 4.01. The number of para-hydroxylation sites is 2. The number of benzene rings is 1. The standard InChI is InChI=1S/C16H22N2O4/c19-16(17-6-3-7-18-8-10-20-11-9-18)15-12-21-13-4-1-2-5-14(13)22-15/h1-2,4-5,15H,3,6-12H2,(H,17,19)/p+1/t15-/m0/s1. The summed E-state index contributed by atoms with van der Waals surface area (Å²) in [7, 11) is 0. The van der Waals surface area contributed by atoms with Crippen LogP contribution in [0.5, 0.6) is 11.5 Å². The van der Waals surface area contributed by atoms with Crippen molar-refractivity contribution >= 4 is 5.91 Å². The van der Waals surface area contributed by atoms with E-state index in [4.69, 9.17) is 14.2 Å². The first-order chi connectivity index (χ1) is 10.8. The zero-order chi connectivity index (χ0) is 15.2. The smallest absolute Gasteiger partial charge is 0.264 e. The highest BCUT2D eigenvalue weighted by Gasteiger charge is 2.26. The molecule has 22 heavy (non-hydrogen) atoms. The molecule has 1 amide bonds. The number of ether oxygens (including phenoxy) is 3. The van der Waals surface area contributed by atoms with E-state index in [0.717, 1.165) is 39.3 Å². The van der Waals surface area contributed by atoms with Gasteiger partial charge in [-0.25, -0.2) is 0 Å². The lowest BCUT2D eigenvalue weighted by Crippen LogP contribution is -3.14. The summed E-state index contributed by atoms with van der Waals surface area (Å²) >= 11 is 0. The van der Waals surface area contributed by atoms with Crippen LogP contribution in [0.4, 0.5) is 0 Å². The molecule has 0 aliphatic carbocycles. The molecule has 2 heterocycles. The highest BCUT2D eigenvalue weighted by atomic mass is 16.6. The van der Waals surface area contributed by atoms with Crippen LogP contribution in [-0.2, 0) is 9.53 Å². The van der Waals surface area contributed by atoms with E-state index >= 15 is 0 Å². The van der Waals surface area contributed by atoms with Crippen molar-refractivity contribution in [3.63, 3.8) is 0 Å². The van der Waals surface area contributed by atoms with Gasteiger partial charge >= 0.3 is 0 Å². The third-order valence-electron chi connectivity index (χ3n) is 4.01. The Hall–Kier alpha value is -1.79. The number of morpholine rings is 1. The van der Waals surface area contributed by atoms with Gasteiger partial charge in [-0.3, -0.25) is 4.79 Å². The lowest BCUT2D eigenvalue weighted by Gasteiger charge is -2.26. The quantitative estimate of drug-likeness (QED) is 0.703. The number of hydrogen-bond donors (Lipinski definition) is 2. The number of fused-ring (bicyclic) bond motifs is 1. The highest BCUT2D eigenvalue weighted by molar-refractivity contribution is 5.81. The molecule has 1 saturated heterocycles. The Labute approximate surface area is 130 Å². The zero-order valence-electron chi connectivity index (χ0n) is 12.7. The molecule has 2 N–H and O–H groups in total. The number of quaternary nitrogens is 1. The predicted octanol–water partition coefficient (Wildman–Crippen LogP) is -0.752. The normalized spacial score (nSPS) is 21.4. The second kappa shape index (κ2) is 7.47. The van der Waals surface area contributed by atoms with Crippen LogP contribution in [0.3, 0.4) is 0 Å². The number of hydrogen-bond acceptors (Lipinski definition) is 4. The molecule has 0 bridgehead atoms. The average Bonchev–Trinajstić information content (AvgIpc) is 2.59. The van der Waals surface area contributed by atoms with Crippen LogP contribution in [0, 0.1) is 0 Å². The Bertz CT molecular complexity index is 503. The van der Waals surface area contributed by atoms with Crippen molar-refractivity contribution in [1.82, 2.24) is 5.32 Å². The van der Waals surface area contributed by atoms with Crippen molar-refractivity contribution in [1.29, 1.82) is 0 Å². The Balaban J connectivity index is 1.37. The van der Waals surface area contributed by atoms with Crippen LogP contribution in [0.25, 0.3) is 0 Å². The van der Waals surface area contributed by atoms with Gasteiger partial charge in [-0.15, -0.1) is 0 Å². The maximum atomic E-state index is 12.1. The minimum Gasteiger partial charge on any atom is -0.485 e. The van der Waals surface area contributed by atoms with E-state index in [0.29, 0.717) is 18.0 Å². The molecule has 0 unspecified atom stereocenters. The van der Waals surface area contributed by atoms with Crippen molar-refractivity contribution in [2.75, 3.05) is 46.0 Å². The van der Waals surface area contributed by atoms with E-state index in [1.54, 1.807) is 4.90 Å². The van der Waals surface area contributed by atoms with E-state index in [1.165, 1.54) is 0 Å². The predicted molar refractivity (Wildman–Crippen MR) is 80.4 cm³/mol. The van der Waals surface area contributed by atoms with E-state index in [2.05, 4.69) is 5.32 Å². The maximum Gasteiger partial charge on any atom is 0.264 e. The van der Waals surface area contributed by atoms with Crippen LogP contribution < -0.4 is 19.7 Å². The molecule has 1 fully saturated rings. The molecule has 0 radical (unpaired) electrons. The maximum absolute atomic E-state index is 12.1. The van der Waals surface area contributed by atoms with Crippen molar-refractivity contribution in [2.45, 2.75) is 12.5 Å². The molecular weight excluding hydrogens is 284 g/mol. The fraction of sp³-hybridized carbons (Fsp3) is 0.562. The molecule has 2 aliphatic rings. The molecule has 0 spiro atoms. The Kier molecular flexibility index (Phi) is 5.13. The Morgan fingerprint density at radius 2 is 2.00 bits per heavy atom. The van der Waals surface area contributed by atoms with Crippen molar-refractivity contribution in [2.24, 2.45) is 0 Å². The first-order valence-corrected chi connectivity index (χ1v) is 7.90. The second-order valence-electron chi connectivity index (χ2n) is 5.62. The van der Waals surface area contributed by atoms with Crippen molar-refractivity contribution < 1.29 is 23.9 Å². The summed E-state index contributed by atoms with van der Waals surface area (Å²) in [6.07, 6.45) is 0.399. The summed E-state index contributed by atoms with van der Waals surface area (Å²) in [5, 5.41) is 2.93. The summed E-state index contributed by atoms with van der Waals surface area (Å²) < 4.78 is 16.6. The van der Waals surface area contributed by atoms with E-state index in [9.17, 15) is 4.79 Å². The van der Waals surface area contributed by atoms with Crippen LogP contribution in [0.2, 0.25) is 0 Å². The van der Waals surface area contributed by atoms with E-state index in [-0.39, 0.29) is 12.5 Å². The largest absolute Gasteiger partial charge is 0.485 e. The van der Waals surface area contributed by atoms with Crippen molar-refractivity contribution in [3.8, 4) is 11.5 Å². The molecule has 1 atom stereocenters. The molecule has 0 aromatic heterocycles. The van der Waals surface area contributed by atoms with Gasteiger partial charge in [0.25, 0.3) is 5.91 Å². The highest BCUT2D eigenvalue weighted by Crippen LogP contribution is 2.30. The van der Waals surface area contributed by atoms with Crippen LogP contribution in [0.15, 0.2) is 24.3 Å². The third kappa shape index (κ3) is 3.90. The average molecular weight is 307 g/mol. The Morgan fingerprint density at radius 3 is 2.82 bits per heavy atom. The van der Waals surface area contributed by atoms with Gasteiger partial charge in [-0.1, -0.05) is 12.1 Å². The number of carbonyl (C=O) groups is 1. The van der Waals surface area contributed by atoms with Gasteiger partial charge < -0.3 is 24.4 Å². The number of carbonyl (C=O) groups excluding carboxylic acids is 1. The number of rotatable bonds is 5. The van der Waals surface area contributed by atoms with Gasteiger partial charge in [-0.2, -0.15) is 0 Å². The fourth-order valence-electron chi connectivity index (χ4n) is 2.72. The van der Waals surface area contributed by atoms with Crippen LogP contribution >= 0.6 is 0 Å². The molecular formula is C16H23N2O4+. The molecule has 1 aromatic carbocycles. The van der Waals surface area contributed by atoms with Gasteiger partial charge in [0.1, 0.15) is 19.7 Å². The Morgan fingerprint density at radius 1 is 1.23 bits per heavy atom. The molecule has 0 saturated carbocycles. The molecule has 6 heteroatoms. The molecule has 1 aromatic rings. The molecule has 2 aliphatic heterocycles. The molecule has 3 rings (SSSR count). The lowest BCUT2D eigenvalue weighted by atomic mass is 10.2. The lowest BCUT2D eigenvalue weighted by molar-refractivity contribution is -0.908. The number of nitrogens with one attached hydrogen (secondary N) is 2. The SMILES string of the molecule is O=C(NCCC[NH+]1CCOCC1)[C@@H]1COc2ccccc2O1. The van der Waals surface area contributed by atoms with Gasteiger partial charge in [0.15, 0.2) is 11.5 Å². The summed E-state index contributed by atoms with van der Waals surface area (Å²) in [5.74, 6) is 1.22. The van der Waals surface area contributed by atoms with E-state index in [1.807, 2.05) is 24.3 Å². The molecule has 120 valence electrons. The van der Waals surface area contributed by atoms with Crippen LogP contribution in [0.1, 0.15) is 6.42 Å². The minimum atomic E-state index is -0.564. The molecule has 6 nitrogen and oxygen atoms in total. The summed E-state index contributed by atoms with van der Waals surface area (Å²) in [6, 6.07) is 7.41. The van der Waals surface area contributed by atoms with Crippen molar-refractivity contribution in [3.05, 3.63) is 24.3 Å². The topological polar surface area (TPSA) is 61.2 Å². The monoisotopic (exact) mass is 307 g/mol. The zero-order valence-corrected chi connectivity index (χ0v) is 12.7. The summed E-state index contributed by atoms with van der Waals surface area (Å²) in [6.45, 7) is 5.80. The first kappa shape index (κ1) is 15.1. The number of amides is 1. The van der Waals surface area contributed by atoms with Gasteiger partial charge in [0, 0.05) is 13.0 Å².